The molecule has 0 spiro atoms. The van der Waals surface area contributed by atoms with Crippen molar-refractivity contribution in [1.29, 1.82) is 0 Å². The fraction of sp³-hybridized carbons (Fsp3) is 0.154. The minimum atomic E-state index is -0.0906. The Kier molecular flexibility index (Phi) is 4.00. The highest BCUT2D eigenvalue weighted by Gasteiger charge is 2.08. The highest BCUT2D eigenvalue weighted by Crippen LogP contribution is 2.26. The molecule has 1 aromatic carbocycles. The number of halogens is 2. The maximum atomic E-state index is 6.12. The highest BCUT2D eigenvalue weighted by atomic mass is 35.5. The second-order valence-electron chi connectivity index (χ2n) is 3.84. The molecule has 88 valence electrons. The van der Waals surface area contributed by atoms with E-state index in [1.807, 2.05) is 24.3 Å². The first-order chi connectivity index (χ1) is 8.16. The van der Waals surface area contributed by atoms with Crippen LogP contribution in [0.1, 0.15) is 17.2 Å². The predicted octanol–water partition coefficient (Wildman–Crippen LogP) is 3.63. The molecule has 2 nitrogen and oxygen atoms in total. The van der Waals surface area contributed by atoms with Crippen LogP contribution in [-0.4, -0.2) is 4.98 Å². The lowest BCUT2D eigenvalue weighted by Gasteiger charge is -2.12. The van der Waals surface area contributed by atoms with Gasteiger partial charge < -0.3 is 5.73 Å². The van der Waals surface area contributed by atoms with Crippen LogP contribution in [0.15, 0.2) is 42.7 Å². The first-order valence-electron chi connectivity index (χ1n) is 5.26. The molecule has 0 radical (unpaired) electrons. The van der Waals surface area contributed by atoms with Gasteiger partial charge >= 0.3 is 0 Å². The molecule has 0 fully saturated rings. The molecule has 0 aliphatic carbocycles. The van der Waals surface area contributed by atoms with Crippen LogP contribution in [0.4, 0.5) is 0 Å². The minimum absolute atomic E-state index is 0.0906. The SMILES string of the molecule is NC(Cc1ccncc1)c1ccc(Cl)c(Cl)c1. The van der Waals surface area contributed by atoms with E-state index in [0.29, 0.717) is 10.0 Å². The van der Waals surface area contributed by atoms with E-state index < -0.39 is 0 Å². The van der Waals surface area contributed by atoms with Crippen LogP contribution in [0.5, 0.6) is 0 Å². The molecule has 1 atom stereocenters. The van der Waals surface area contributed by atoms with Gasteiger partial charge in [-0.05, 0) is 41.8 Å². The van der Waals surface area contributed by atoms with Gasteiger partial charge in [0.1, 0.15) is 0 Å². The predicted molar refractivity (Wildman–Crippen MR) is 71.3 cm³/mol. The van der Waals surface area contributed by atoms with Crippen LogP contribution in [0.25, 0.3) is 0 Å². The van der Waals surface area contributed by atoms with E-state index in [4.69, 9.17) is 28.9 Å². The van der Waals surface area contributed by atoms with E-state index in [2.05, 4.69) is 4.98 Å². The second kappa shape index (κ2) is 5.50. The molecule has 0 bridgehead atoms. The van der Waals surface area contributed by atoms with E-state index in [-0.39, 0.29) is 6.04 Å². The Labute approximate surface area is 110 Å². The average molecular weight is 267 g/mol. The van der Waals surface area contributed by atoms with Crippen LogP contribution in [-0.2, 0) is 6.42 Å². The number of pyridine rings is 1. The Hall–Kier alpha value is -1.09. The van der Waals surface area contributed by atoms with Gasteiger partial charge in [0.05, 0.1) is 10.0 Å². The molecule has 0 amide bonds. The number of rotatable bonds is 3. The molecule has 17 heavy (non-hydrogen) atoms. The number of hydrogen-bond donors (Lipinski definition) is 1. The molecular weight excluding hydrogens is 255 g/mol. The van der Waals surface area contributed by atoms with Crippen molar-refractivity contribution in [3.8, 4) is 0 Å². The van der Waals surface area contributed by atoms with Crippen molar-refractivity contribution in [3.05, 3.63) is 63.9 Å². The molecular formula is C13H12Cl2N2. The third-order valence-corrected chi connectivity index (χ3v) is 3.32. The summed E-state index contributed by atoms with van der Waals surface area (Å²) in [7, 11) is 0. The Morgan fingerprint density at radius 3 is 2.41 bits per heavy atom. The minimum Gasteiger partial charge on any atom is -0.324 e. The standard InChI is InChI=1S/C13H12Cl2N2/c14-11-2-1-10(8-12(11)15)13(16)7-9-3-5-17-6-4-9/h1-6,8,13H,7,16H2. The Balaban J connectivity index is 2.14. The zero-order valence-corrected chi connectivity index (χ0v) is 10.6. The third-order valence-electron chi connectivity index (χ3n) is 2.58. The molecule has 2 rings (SSSR count). The summed E-state index contributed by atoms with van der Waals surface area (Å²) >= 11 is 11.8. The fourth-order valence-electron chi connectivity index (χ4n) is 1.63. The van der Waals surface area contributed by atoms with Gasteiger partial charge in [-0.3, -0.25) is 4.98 Å². The zero-order valence-electron chi connectivity index (χ0n) is 9.11. The van der Waals surface area contributed by atoms with Crippen molar-refractivity contribution in [2.75, 3.05) is 0 Å². The van der Waals surface area contributed by atoms with Crippen molar-refractivity contribution in [1.82, 2.24) is 4.98 Å². The van der Waals surface area contributed by atoms with Gasteiger partial charge in [-0.15, -0.1) is 0 Å². The summed E-state index contributed by atoms with van der Waals surface area (Å²) in [6.45, 7) is 0. The molecule has 1 aromatic heterocycles. The number of benzene rings is 1. The number of aromatic nitrogens is 1. The lowest BCUT2D eigenvalue weighted by Crippen LogP contribution is -2.13. The Morgan fingerprint density at radius 1 is 1.06 bits per heavy atom. The topological polar surface area (TPSA) is 38.9 Å². The molecule has 0 saturated heterocycles. The smallest absolute Gasteiger partial charge is 0.0595 e. The van der Waals surface area contributed by atoms with E-state index in [1.54, 1.807) is 18.5 Å². The lowest BCUT2D eigenvalue weighted by atomic mass is 10.0. The highest BCUT2D eigenvalue weighted by molar-refractivity contribution is 6.42. The summed E-state index contributed by atoms with van der Waals surface area (Å²) in [5.74, 6) is 0. The van der Waals surface area contributed by atoms with Crippen LogP contribution in [0.2, 0.25) is 10.0 Å². The Morgan fingerprint density at radius 2 is 1.76 bits per heavy atom. The van der Waals surface area contributed by atoms with Gasteiger partial charge in [0, 0.05) is 18.4 Å². The molecule has 2 N–H and O–H groups in total. The van der Waals surface area contributed by atoms with E-state index in [1.165, 1.54) is 0 Å². The number of nitrogens with two attached hydrogens (primary N) is 1. The summed E-state index contributed by atoms with van der Waals surface area (Å²) in [5.41, 5.74) is 8.26. The van der Waals surface area contributed by atoms with Gasteiger partial charge in [-0.2, -0.15) is 0 Å². The van der Waals surface area contributed by atoms with Crippen LogP contribution < -0.4 is 5.73 Å². The molecule has 0 aliphatic heterocycles. The van der Waals surface area contributed by atoms with Crippen molar-refractivity contribution in [3.63, 3.8) is 0 Å². The van der Waals surface area contributed by atoms with Gasteiger partial charge in [0.25, 0.3) is 0 Å². The largest absolute Gasteiger partial charge is 0.324 e. The summed E-state index contributed by atoms with van der Waals surface area (Å²) in [6, 6.07) is 9.31. The van der Waals surface area contributed by atoms with Gasteiger partial charge in [-0.1, -0.05) is 29.3 Å². The third kappa shape index (κ3) is 3.19. The van der Waals surface area contributed by atoms with Gasteiger partial charge in [0.15, 0.2) is 0 Å². The van der Waals surface area contributed by atoms with Crippen molar-refractivity contribution in [2.24, 2.45) is 5.73 Å². The normalized spacial score (nSPS) is 12.4. The average Bonchev–Trinajstić information content (AvgIpc) is 2.34. The second-order valence-corrected chi connectivity index (χ2v) is 4.65. The van der Waals surface area contributed by atoms with Crippen LogP contribution in [0.3, 0.4) is 0 Å². The summed E-state index contributed by atoms with van der Waals surface area (Å²) in [5, 5.41) is 1.08. The fourth-order valence-corrected chi connectivity index (χ4v) is 1.94. The maximum absolute atomic E-state index is 6.12. The van der Waals surface area contributed by atoms with Crippen molar-refractivity contribution in [2.45, 2.75) is 12.5 Å². The number of hydrogen-bond acceptors (Lipinski definition) is 2. The van der Waals surface area contributed by atoms with Crippen molar-refractivity contribution >= 4 is 23.2 Å². The first kappa shape index (κ1) is 12.4. The summed E-state index contributed by atoms with van der Waals surface area (Å²) < 4.78 is 0. The van der Waals surface area contributed by atoms with E-state index in [0.717, 1.165) is 17.5 Å². The van der Waals surface area contributed by atoms with E-state index in [9.17, 15) is 0 Å². The molecule has 0 aliphatic rings. The van der Waals surface area contributed by atoms with Crippen LogP contribution >= 0.6 is 23.2 Å². The maximum Gasteiger partial charge on any atom is 0.0595 e. The van der Waals surface area contributed by atoms with Crippen LogP contribution in [0, 0.1) is 0 Å². The lowest BCUT2D eigenvalue weighted by molar-refractivity contribution is 0.721. The monoisotopic (exact) mass is 266 g/mol. The first-order valence-corrected chi connectivity index (χ1v) is 6.02. The summed E-state index contributed by atoms with van der Waals surface area (Å²) in [4.78, 5) is 3.97. The molecule has 1 unspecified atom stereocenters. The molecule has 1 heterocycles. The zero-order chi connectivity index (χ0) is 12.3. The van der Waals surface area contributed by atoms with Crippen molar-refractivity contribution < 1.29 is 0 Å². The molecule has 4 heteroatoms. The van der Waals surface area contributed by atoms with Gasteiger partial charge in [-0.25, -0.2) is 0 Å². The van der Waals surface area contributed by atoms with Gasteiger partial charge in [0.2, 0.25) is 0 Å². The van der Waals surface area contributed by atoms with E-state index >= 15 is 0 Å². The number of nitrogens with zero attached hydrogens (tertiary/aromatic N) is 1. The molecule has 0 saturated carbocycles. The summed E-state index contributed by atoms with van der Waals surface area (Å²) in [6.07, 6.45) is 4.27. The quantitative estimate of drug-likeness (QED) is 0.922. The molecule has 2 aromatic rings. The Bertz CT molecular complexity index is 500.